The molecule has 0 saturated carbocycles. The van der Waals surface area contributed by atoms with E-state index in [1.165, 1.54) is 0 Å². The van der Waals surface area contributed by atoms with Gasteiger partial charge in [-0.2, -0.15) is 13.2 Å². The molecule has 0 aliphatic carbocycles. The number of rotatable bonds is 2. The summed E-state index contributed by atoms with van der Waals surface area (Å²) in [6, 6.07) is -1.10. The number of carbonyl (C=O) groups excluding carboxylic acids is 1. The first kappa shape index (κ1) is 16.5. The van der Waals surface area contributed by atoms with Crippen LogP contribution in [0, 0.1) is 5.92 Å². The zero-order valence-electron chi connectivity index (χ0n) is 11.4. The van der Waals surface area contributed by atoms with Crippen molar-refractivity contribution in [1.29, 1.82) is 0 Å². The Balaban J connectivity index is 1.83. The van der Waals surface area contributed by atoms with Crippen molar-refractivity contribution in [2.45, 2.75) is 43.9 Å². The van der Waals surface area contributed by atoms with E-state index in [0.717, 1.165) is 0 Å². The van der Waals surface area contributed by atoms with Gasteiger partial charge in [-0.15, -0.1) is 0 Å². The topological polar surface area (TPSA) is 75.3 Å². The van der Waals surface area contributed by atoms with Gasteiger partial charge >= 0.3 is 6.18 Å². The van der Waals surface area contributed by atoms with Crippen LogP contribution in [0.3, 0.4) is 0 Å². The second-order valence-electron chi connectivity index (χ2n) is 5.74. The molecular weight excluding hydrogens is 309 g/mol. The van der Waals surface area contributed by atoms with Crippen molar-refractivity contribution >= 4 is 15.7 Å². The van der Waals surface area contributed by atoms with E-state index in [-0.39, 0.29) is 30.9 Å². The molecule has 2 aliphatic rings. The lowest BCUT2D eigenvalue weighted by Crippen LogP contribution is -2.54. The lowest BCUT2D eigenvalue weighted by Gasteiger charge is -2.32. The molecule has 2 rings (SSSR count). The summed E-state index contributed by atoms with van der Waals surface area (Å²) in [5, 5.41) is 5.24. The summed E-state index contributed by atoms with van der Waals surface area (Å²) in [4.78, 5) is 12.0. The van der Waals surface area contributed by atoms with Gasteiger partial charge in [-0.3, -0.25) is 4.79 Å². The molecule has 21 heavy (non-hydrogen) atoms. The van der Waals surface area contributed by atoms with Crippen LogP contribution in [0.4, 0.5) is 13.2 Å². The van der Waals surface area contributed by atoms with Gasteiger partial charge in [0.05, 0.1) is 23.5 Å². The van der Waals surface area contributed by atoms with Crippen LogP contribution in [-0.2, 0) is 14.6 Å². The molecule has 0 aromatic heterocycles. The SMILES string of the molecule is O=C(NC1CCCS(=O)(=O)C1)C1CCC(C(F)(F)F)CN1. The van der Waals surface area contributed by atoms with E-state index >= 15 is 0 Å². The number of nitrogens with one attached hydrogen (secondary N) is 2. The first-order valence-corrected chi connectivity index (χ1v) is 8.80. The van der Waals surface area contributed by atoms with Crippen LogP contribution in [0.25, 0.3) is 0 Å². The van der Waals surface area contributed by atoms with E-state index in [2.05, 4.69) is 10.6 Å². The van der Waals surface area contributed by atoms with Gasteiger partial charge in [-0.1, -0.05) is 0 Å². The maximum Gasteiger partial charge on any atom is 0.393 e. The van der Waals surface area contributed by atoms with E-state index in [0.29, 0.717) is 12.8 Å². The standard InChI is InChI=1S/C12H19F3N2O3S/c13-12(14,15)8-3-4-10(16-6-8)11(18)17-9-2-1-5-21(19,20)7-9/h8-10,16H,1-7H2,(H,17,18). The number of piperidine rings is 1. The van der Waals surface area contributed by atoms with Crippen molar-refractivity contribution in [3.05, 3.63) is 0 Å². The highest BCUT2D eigenvalue weighted by molar-refractivity contribution is 7.91. The number of carbonyl (C=O) groups is 1. The number of halogens is 3. The van der Waals surface area contributed by atoms with E-state index in [1.54, 1.807) is 0 Å². The zero-order valence-corrected chi connectivity index (χ0v) is 12.3. The first-order chi connectivity index (χ1) is 9.67. The molecular formula is C12H19F3N2O3S. The highest BCUT2D eigenvalue weighted by Gasteiger charge is 2.42. The van der Waals surface area contributed by atoms with Crippen molar-refractivity contribution in [1.82, 2.24) is 10.6 Å². The molecule has 1 amide bonds. The minimum atomic E-state index is -4.24. The number of hydrogen-bond acceptors (Lipinski definition) is 4. The minimum absolute atomic E-state index is 0.0858. The summed E-state index contributed by atoms with van der Waals surface area (Å²) in [5.74, 6) is -1.78. The Hall–Kier alpha value is -0.830. The van der Waals surface area contributed by atoms with Gasteiger partial charge in [0.1, 0.15) is 0 Å². The molecule has 9 heteroatoms. The fraction of sp³-hybridized carbons (Fsp3) is 0.917. The Morgan fingerprint density at radius 2 is 1.90 bits per heavy atom. The van der Waals surface area contributed by atoms with Gasteiger partial charge in [-0.05, 0) is 25.7 Å². The summed E-state index contributed by atoms with van der Waals surface area (Å²) >= 11 is 0. The van der Waals surface area contributed by atoms with E-state index in [1.807, 2.05) is 0 Å². The maximum absolute atomic E-state index is 12.5. The van der Waals surface area contributed by atoms with Gasteiger partial charge < -0.3 is 10.6 Å². The molecule has 0 spiro atoms. The Morgan fingerprint density at radius 1 is 1.19 bits per heavy atom. The predicted molar refractivity (Wildman–Crippen MR) is 70.4 cm³/mol. The Bertz CT molecular complexity index is 484. The lowest BCUT2D eigenvalue weighted by atomic mass is 9.93. The fourth-order valence-corrected chi connectivity index (χ4v) is 4.43. The zero-order chi connectivity index (χ0) is 15.7. The maximum atomic E-state index is 12.5. The van der Waals surface area contributed by atoms with Crippen molar-refractivity contribution in [3.8, 4) is 0 Å². The highest BCUT2D eigenvalue weighted by atomic mass is 32.2. The smallest absolute Gasteiger partial charge is 0.351 e. The van der Waals surface area contributed by atoms with E-state index in [9.17, 15) is 26.4 Å². The van der Waals surface area contributed by atoms with Crippen LogP contribution in [0.2, 0.25) is 0 Å². The molecule has 0 aromatic rings. The Kier molecular flexibility index (Phi) is 4.82. The largest absolute Gasteiger partial charge is 0.393 e. The van der Waals surface area contributed by atoms with Crippen LogP contribution < -0.4 is 10.6 Å². The molecule has 2 saturated heterocycles. The second kappa shape index (κ2) is 6.12. The molecule has 122 valence electrons. The summed E-state index contributed by atoms with van der Waals surface area (Å²) < 4.78 is 60.5. The average molecular weight is 328 g/mol. The van der Waals surface area contributed by atoms with Crippen LogP contribution in [0.1, 0.15) is 25.7 Å². The monoisotopic (exact) mass is 328 g/mol. The third-order valence-electron chi connectivity index (χ3n) is 4.00. The summed E-state index contributed by atoms with van der Waals surface area (Å²) in [6.07, 6.45) is -3.14. The summed E-state index contributed by atoms with van der Waals surface area (Å²) in [5.41, 5.74) is 0. The molecule has 2 N–H and O–H groups in total. The molecule has 2 heterocycles. The van der Waals surface area contributed by atoms with E-state index < -0.39 is 39.9 Å². The first-order valence-electron chi connectivity index (χ1n) is 6.98. The van der Waals surface area contributed by atoms with Crippen LogP contribution >= 0.6 is 0 Å². The van der Waals surface area contributed by atoms with Gasteiger partial charge in [0.15, 0.2) is 9.84 Å². The fourth-order valence-electron chi connectivity index (χ4n) is 2.80. The summed E-state index contributed by atoms with van der Waals surface area (Å²) in [7, 11) is -3.12. The van der Waals surface area contributed by atoms with Crippen LogP contribution in [0.5, 0.6) is 0 Å². The average Bonchev–Trinajstić information content (AvgIpc) is 2.36. The summed E-state index contributed by atoms with van der Waals surface area (Å²) in [6.45, 7) is -0.273. The van der Waals surface area contributed by atoms with Crippen LogP contribution in [0.15, 0.2) is 0 Å². The number of alkyl halides is 3. The molecule has 2 aliphatic heterocycles. The third kappa shape index (κ3) is 4.57. The number of amides is 1. The van der Waals surface area contributed by atoms with Gasteiger partial charge in [-0.25, -0.2) is 8.42 Å². The van der Waals surface area contributed by atoms with Gasteiger partial charge in [0.25, 0.3) is 0 Å². The second-order valence-corrected chi connectivity index (χ2v) is 7.97. The molecule has 0 radical (unpaired) electrons. The lowest BCUT2D eigenvalue weighted by molar-refractivity contribution is -0.180. The Morgan fingerprint density at radius 3 is 2.43 bits per heavy atom. The van der Waals surface area contributed by atoms with Crippen LogP contribution in [-0.4, -0.2) is 50.6 Å². The van der Waals surface area contributed by atoms with Crippen molar-refractivity contribution in [3.63, 3.8) is 0 Å². The molecule has 3 atom stereocenters. The van der Waals surface area contributed by atoms with Crippen molar-refractivity contribution < 1.29 is 26.4 Å². The Labute approximate surface area is 121 Å². The highest BCUT2D eigenvalue weighted by Crippen LogP contribution is 2.31. The normalized spacial score (nSPS) is 33.4. The number of hydrogen-bond donors (Lipinski definition) is 2. The quantitative estimate of drug-likeness (QED) is 0.779. The molecule has 3 unspecified atom stereocenters. The molecule has 2 fully saturated rings. The number of sulfone groups is 1. The molecule has 0 bridgehead atoms. The molecule has 0 aromatic carbocycles. The van der Waals surface area contributed by atoms with Crippen molar-refractivity contribution in [2.75, 3.05) is 18.1 Å². The predicted octanol–water partition coefficient (Wildman–Crippen LogP) is 0.610. The van der Waals surface area contributed by atoms with Gasteiger partial charge in [0, 0.05) is 12.6 Å². The third-order valence-corrected chi connectivity index (χ3v) is 5.82. The minimum Gasteiger partial charge on any atom is -0.351 e. The van der Waals surface area contributed by atoms with Crippen molar-refractivity contribution in [2.24, 2.45) is 5.92 Å². The van der Waals surface area contributed by atoms with E-state index in [4.69, 9.17) is 0 Å². The van der Waals surface area contributed by atoms with Gasteiger partial charge in [0.2, 0.25) is 5.91 Å². The molecule has 5 nitrogen and oxygen atoms in total.